The Kier molecular flexibility index (Phi) is 5.79. The van der Waals surface area contributed by atoms with Gasteiger partial charge >= 0.3 is 0 Å². The van der Waals surface area contributed by atoms with E-state index in [1.54, 1.807) is 0 Å². The molecule has 3 aliphatic rings. The lowest BCUT2D eigenvalue weighted by Crippen LogP contribution is -2.55. The van der Waals surface area contributed by atoms with Gasteiger partial charge in [-0.1, -0.05) is 12.8 Å². The van der Waals surface area contributed by atoms with Gasteiger partial charge < -0.3 is 10.0 Å². The van der Waals surface area contributed by atoms with Gasteiger partial charge in [0.1, 0.15) is 0 Å². The molecule has 0 saturated carbocycles. The van der Waals surface area contributed by atoms with E-state index in [0.29, 0.717) is 19.6 Å². The van der Waals surface area contributed by atoms with Gasteiger partial charge in [-0.3, -0.25) is 14.6 Å². The number of aliphatic hydroxyl groups is 1. The van der Waals surface area contributed by atoms with Crippen molar-refractivity contribution in [3.05, 3.63) is 0 Å². The zero-order valence-electron chi connectivity index (χ0n) is 14.3. The molecule has 0 aromatic heterocycles. The number of piperazine rings is 1. The number of rotatable bonds is 3. The Morgan fingerprint density at radius 2 is 1.54 bits per heavy atom. The Hall–Kier alpha value is -0.700. The highest BCUT2D eigenvalue weighted by atomic mass is 32.2. The minimum atomic E-state index is -3.11. The van der Waals surface area contributed by atoms with Crippen LogP contribution >= 0.6 is 0 Å². The van der Waals surface area contributed by atoms with E-state index in [0.717, 1.165) is 39.0 Å². The Balaban J connectivity index is 1.46. The Morgan fingerprint density at radius 1 is 0.917 bits per heavy atom. The van der Waals surface area contributed by atoms with E-state index in [1.165, 1.54) is 12.8 Å². The minimum absolute atomic E-state index is 0.0564. The third kappa shape index (κ3) is 4.47. The highest BCUT2D eigenvalue weighted by molar-refractivity contribution is 7.91. The lowest BCUT2D eigenvalue weighted by Gasteiger charge is -2.38. The third-order valence-corrected chi connectivity index (χ3v) is 7.19. The number of nitrogens with zero attached hydrogens (tertiary/aromatic N) is 3. The van der Waals surface area contributed by atoms with Crippen molar-refractivity contribution in [2.45, 2.75) is 37.8 Å². The second kappa shape index (κ2) is 7.68. The molecule has 0 bridgehead atoms. The zero-order valence-corrected chi connectivity index (χ0v) is 15.1. The molecule has 0 aliphatic carbocycles. The van der Waals surface area contributed by atoms with Crippen LogP contribution in [0.3, 0.4) is 0 Å². The fourth-order valence-electron chi connectivity index (χ4n) is 4.02. The molecule has 2 unspecified atom stereocenters. The van der Waals surface area contributed by atoms with Gasteiger partial charge in [0.25, 0.3) is 0 Å². The number of sulfone groups is 1. The normalized spacial score (nSPS) is 32.6. The van der Waals surface area contributed by atoms with Crippen LogP contribution in [-0.2, 0) is 14.6 Å². The van der Waals surface area contributed by atoms with E-state index >= 15 is 0 Å². The van der Waals surface area contributed by atoms with Crippen LogP contribution in [0.5, 0.6) is 0 Å². The molecule has 2 atom stereocenters. The lowest BCUT2D eigenvalue weighted by atomic mass is 10.1. The van der Waals surface area contributed by atoms with Crippen molar-refractivity contribution in [1.29, 1.82) is 0 Å². The molecule has 138 valence electrons. The van der Waals surface area contributed by atoms with Crippen molar-refractivity contribution in [3.8, 4) is 0 Å². The summed E-state index contributed by atoms with van der Waals surface area (Å²) in [5.41, 5.74) is 0. The topological polar surface area (TPSA) is 81.2 Å². The van der Waals surface area contributed by atoms with E-state index < -0.39 is 15.9 Å². The SMILES string of the molecule is O=C(CN1CCN(C2CS(=O)(=O)CC2O)CC1)N1CCCCCC1. The highest BCUT2D eigenvalue weighted by Crippen LogP contribution is 2.20. The average Bonchev–Trinajstić information content (AvgIpc) is 2.73. The fraction of sp³-hybridized carbons (Fsp3) is 0.938. The molecule has 3 aliphatic heterocycles. The first-order chi connectivity index (χ1) is 11.4. The third-order valence-electron chi connectivity index (χ3n) is 5.49. The Bertz CT molecular complexity index is 538. The summed E-state index contributed by atoms with van der Waals surface area (Å²) >= 11 is 0. The van der Waals surface area contributed by atoms with Crippen molar-refractivity contribution < 1.29 is 18.3 Å². The average molecular weight is 359 g/mol. The van der Waals surface area contributed by atoms with Crippen LogP contribution in [0, 0.1) is 0 Å². The lowest BCUT2D eigenvalue weighted by molar-refractivity contribution is -0.133. The summed E-state index contributed by atoms with van der Waals surface area (Å²) in [7, 11) is -3.11. The molecule has 3 fully saturated rings. The van der Waals surface area contributed by atoms with Crippen LogP contribution in [0.1, 0.15) is 25.7 Å². The van der Waals surface area contributed by atoms with Crippen molar-refractivity contribution in [2.75, 3.05) is 57.3 Å². The molecule has 7 nitrogen and oxygen atoms in total. The molecule has 3 rings (SSSR count). The van der Waals surface area contributed by atoms with Gasteiger partial charge in [0.05, 0.1) is 30.2 Å². The summed E-state index contributed by atoms with van der Waals surface area (Å²) in [5, 5.41) is 9.99. The Morgan fingerprint density at radius 3 is 2.08 bits per heavy atom. The standard InChI is InChI=1S/C16H29N3O4S/c20-15-13-24(22,23)12-14(15)18-9-7-17(8-10-18)11-16(21)19-5-3-1-2-4-6-19/h14-15,20H,1-13H2. The molecule has 0 aromatic rings. The maximum Gasteiger partial charge on any atom is 0.236 e. The molecule has 1 N–H and O–H groups in total. The van der Waals surface area contributed by atoms with Gasteiger partial charge in [0, 0.05) is 39.3 Å². The van der Waals surface area contributed by atoms with Crippen LogP contribution in [-0.4, -0.2) is 104 Å². The maximum atomic E-state index is 12.4. The predicted molar refractivity (Wildman–Crippen MR) is 91.5 cm³/mol. The largest absolute Gasteiger partial charge is 0.390 e. The molecular weight excluding hydrogens is 330 g/mol. The first-order valence-electron chi connectivity index (χ1n) is 9.07. The second-order valence-corrected chi connectivity index (χ2v) is 9.47. The summed E-state index contributed by atoms with van der Waals surface area (Å²) in [6, 6.07) is -0.279. The maximum absolute atomic E-state index is 12.4. The van der Waals surface area contributed by atoms with Crippen LogP contribution in [0.2, 0.25) is 0 Å². The molecule has 0 spiro atoms. The summed E-state index contributed by atoms with van der Waals surface area (Å²) in [6.07, 6.45) is 3.87. The van der Waals surface area contributed by atoms with Crippen LogP contribution in [0.15, 0.2) is 0 Å². The van der Waals surface area contributed by atoms with Gasteiger partial charge in [-0.15, -0.1) is 0 Å². The first-order valence-corrected chi connectivity index (χ1v) is 10.9. The smallest absolute Gasteiger partial charge is 0.236 e. The number of hydrogen-bond donors (Lipinski definition) is 1. The number of aliphatic hydroxyl groups excluding tert-OH is 1. The van der Waals surface area contributed by atoms with Crippen molar-refractivity contribution in [3.63, 3.8) is 0 Å². The molecule has 3 heterocycles. The molecule has 24 heavy (non-hydrogen) atoms. The zero-order chi connectivity index (χ0) is 17.2. The number of carbonyl (C=O) groups excluding carboxylic acids is 1. The van der Waals surface area contributed by atoms with Gasteiger partial charge in [0.2, 0.25) is 5.91 Å². The summed E-state index contributed by atoms with van der Waals surface area (Å²) in [6.45, 7) is 5.15. The predicted octanol–water partition coefficient (Wildman–Crippen LogP) is -0.835. The molecule has 8 heteroatoms. The van der Waals surface area contributed by atoms with Gasteiger partial charge in [-0.25, -0.2) is 8.42 Å². The molecule has 0 radical (unpaired) electrons. The molecule has 1 amide bonds. The van der Waals surface area contributed by atoms with E-state index in [9.17, 15) is 18.3 Å². The first kappa shape index (κ1) is 18.1. The monoisotopic (exact) mass is 359 g/mol. The molecule has 0 aromatic carbocycles. The van der Waals surface area contributed by atoms with Crippen LogP contribution < -0.4 is 0 Å². The number of amides is 1. The number of likely N-dealkylation sites (tertiary alicyclic amines) is 1. The van der Waals surface area contributed by atoms with E-state index in [4.69, 9.17) is 0 Å². The summed E-state index contributed by atoms with van der Waals surface area (Å²) in [4.78, 5) is 18.7. The van der Waals surface area contributed by atoms with Crippen LogP contribution in [0.4, 0.5) is 0 Å². The van der Waals surface area contributed by atoms with Gasteiger partial charge in [0.15, 0.2) is 9.84 Å². The van der Waals surface area contributed by atoms with E-state index in [2.05, 4.69) is 9.80 Å². The Labute approximate surface area is 144 Å². The minimum Gasteiger partial charge on any atom is -0.390 e. The fourth-order valence-corrected chi connectivity index (χ4v) is 5.86. The number of carbonyl (C=O) groups is 1. The van der Waals surface area contributed by atoms with Crippen molar-refractivity contribution in [1.82, 2.24) is 14.7 Å². The number of hydrogen-bond acceptors (Lipinski definition) is 6. The highest BCUT2D eigenvalue weighted by Gasteiger charge is 2.40. The van der Waals surface area contributed by atoms with Crippen LogP contribution in [0.25, 0.3) is 0 Å². The van der Waals surface area contributed by atoms with E-state index in [-0.39, 0.29) is 23.5 Å². The summed E-state index contributed by atoms with van der Waals surface area (Å²) in [5.74, 6) is 0.153. The molecular formula is C16H29N3O4S. The van der Waals surface area contributed by atoms with E-state index in [1.807, 2.05) is 4.90 Å². The summed E-state index contributed by atoms with van der Waals surface area (Å²) < 4.78 is 23.3. The van der Waals surface area contributed by atoms with Crippen molar-refractivity contribution >= 4 is 15.7 Å². The van der Waals surface area contributed by atoms with Gasteiger partial charge in [-0.05, 0) is 12.8 Å². The molecule has 3 saturated heterocycles. The quantitative estimate of drug-likeness (QED) is 0.708. The van der Waals surface area contributed by atoms with Gasteiger partial charge in [-0.2, -0.15) is 0 Å². The second-order valence-electron chi connectivity index (χ2n) is 7.32. The van der Waals surface area contributed by atoms with Crippen molar-refractivity contribution in [2.24, 2.45) is 0 Å².